The standard InChI is InChI=1S/C13H25NO3/c1-10(2)12(16)17-11(7-9-15)6-8-14-13(3,4)5/h11,14-15H,1,6-9H2,2-5H3. The van der Waals surface area contributed by atoms with Crippen molar-refractivity contribution in [3.05, 3.63) is 12.2 Å². The molecule has 0 aliphatic heterocycles. The molecule has 0 aromatic heterocycles. The first-order valence-electron chi connectivity index (χ1n) is 5.98. The first kappa shape index (κ1) is 16.1. The summed E-state index contributed by atoms with van der Waals surface area (Å²) >= 11 is 0. The van der Waals surface area contributed by atoms with Crippen LogP contribution in [0.5, 0.6) is 0 Å². The fourth-order valence-electron chi connectivity index (χ4n) is 1.27. The van der Waals surface area contributed by atoms with Crippen molar-refractivity contribution in [2.24, 2.45) is 0 Å². The molecule has 0 amide bonds. The van der Waals surface area contributed by atoms with E-state index in [0.717, 1.165) is 6.54 Å². The summed E-state index contributed by atoms with van der Waals surface area (Å²) in [7, 11) is 0. The molecule has 0 aliphatic carbocycles. The van der Waals surface area contributed by atoms with E-state index in [2.05, 4.69) is 32.7 Å². The number of carbonyl (C=O) groups excluding carboxylic acids is 1. The summed E-state index contributed by atoms with van der Waals surface area (Å²) in [4.78, 5) is 11.4. The van der Waals surface area contributed by atoms with Crippen molar-refractivity contribution in [3.63, 3.8) is 0 Å². The van der Waals surface area contributed by atoms with Gasteiger partial charge in [-0.1, -0.05) is 6.58 Å². The lowest BCUT2D eigenvalue weighted by molar-refractivity contribution is -0.145. The lowest BCUT2D eigenvalue weighted by atomic mass is 10.1. The van der Waals surface area contributed by atoms with Crippen LogP contribution in [-0.2, 0) is 9.53 Å². The van der Waals surface area contributed by atoms with Crippen LogP contribution in [0.2, 0.25) is 0 Å². The van der Waals surface area contributed by atoms with Gasteiger partial charge >= 0.3 is 5.97 Å². The minimum Gasteiger partial charge on any atom is -0.459 e. The molecule has 100 valence electrons. The number of esters is 1. The summed E-state index contributed by atoms with van der Waals surface area (Å²) in [6.45, 7) is 12.1. The number of hydrogen-bond donors (Lipinski definition) is 2. The fraction of sp³-hybridized carbons (Fsp3) is 0.769. The lowest BCUT2D eigenvalue weighted by Gasteiger charge is -2.23. The Kier molecular flexibility index (Phi) is 7.07. The first-order valence-corrected chi connectivity index (χ1v) is 5.98. The smallest absolute Gasteiger partial charge is 0.333 e. The average molecular weight is 243 g/mol. The van der Waals surface area contributed by atoms with Gasteiger partial charge in [0.05, 0.1) is 0 Å². The Hall–Kier alpha value is -0.870. The Balaban J connectivity index is 4.07. The minimum absolute atomic E-state index is 0.0175. The molecule has 0 heterocycles. The van der Waals surface area contributed by atoms with Gasteiger partial charge in [0.25, 0.3) is 0 Å². The predicted octanol–water partition coefficient (Wildman–Crippen LogP) is 1.63. The van der Waals surface area contributed by atoms with E-state index in [4.69, 9.17) is 9.84 Å². The molecule has 0 spiro atoms. The minimum atomic E-state index is -0.390. The van der Waals surface area contributed by atoms with Gasteiger partial charge in [-0.25, -0.2) is 4.79 Å². The van der Waals surface area contributed by atoms with Crippen LogP contribution in [0.3, 0.4) is 0 Å². The number of hydrogen-bond acceptors (Lipinski definition) is 4. The van der Waals surface area contributed by atoms with Crippen molar-refractivity contribution < 1.29 is 14.6 Å². The van der Waals surface area contributed by atoms with E-state index in [1.807, 2.05) is 0 Å². The van der Waals surface area contributed by atoms with E-state index in [1.54, 1.807) is 6.92 Å². The van der Waals surface area contributed by atoms with E-state index in [1.165, 1.54) is 0 Å². The molecule has 0 saturated carbocycles. The second kappa shape index (κ2) is 7.45. The topological polar surface area (TPSA) is 58.6 Å². The van der Waals surface area contributed by atoms with E-state index in [9.17, 15) is 4.79 Å². The maximum atomic E-state index is 11.4. The molecule has 0 bridgehead atoms. The summed E-state index contributed by atoms with van der Waals surface area (Å²) in [5.74, 6) is -0.390. The van der Waals surface area contributed by atoms with Crippen molar-refractivity contribution in [1.29, 1.82) is 0 Å². The van der Waals surface area contributed by atoms with E-state index in [0.29, 0.717) is 18.4 Å². The van der Waals surface area contributed by atoms with Crippen LogP contribution < -0.4 is 5.32 Å². The van der Waals surface area contributed by atoms with Crippen molar-refractivity contribution in [3.8, 4) is 0 Å². The van der Waals surface area contributed by atoms with Crippen molar-refractivity contribution in [1.82, 2.24) is 5.32 Å². The van der Waals surface area contributed by atoms with E-state index >= 15 is 0 Å². The van der Waals surface area contributed by atoms with Gasteiger partial charge in [-0.3, -0.25) is 0 Å². The maximum absolute atomic E-state index is 11.4. The first-order chi connectivity index (χ1) is 7.76. The van der Waals surface area contributed by atoms with Crippen molar-refractivity contribution in [2.75, 3.05) is 13.2 Å². The monoisotopic (exact) mass is 243 g/mol. The summed E-state index contributed by atoms with van der Waals surface area (Å²) in [5, 5.41) is 12.2. The number of nitrogens with one attached hydrogen (secondary N) is 1. The third kappa shape index (κ3) is 8.89. The Morgan fingerprint density at radius 2 is 2.00 bits per heavy atom. The second-order valence-electron chi connectivity index (χ2n) is 5.29. The SMILES string of the molecule is C=C(C)C(=O)OC(CCO)CCNC(C)(C)C. The highest BCUT2D eigenvalue weighted by Gasteiger charge is 2.16. The summed E-state index contributed by atoms with van der Waals surface area (Å²) in [6, 6.07) is 0. The van der Waals surface area contributed by atoms with Crippen molar-refractivity contribution >= 4 is 5.97 Å². The van der Waals surface area contributed by atoms with Gasteiger partial charge in [-0.2, -0.15) is 0 Å². The molecule has 0 saturated heterocycles. The molecule has 0 rings (SSSR count). The van der Waals surface area contributed by atoms with Crippen LogP contribution in [-0.4, -0.2) is 35.9 Å². The van der Waals surface area contributed by atoms with Gasteiger partial charge in [-0.15, -0.1) is 0 Å². The Morgan fingerprint density at radius 1 is 1.41 bits per heavy atom. The van der Waals surface area contributed by atoms with Gasteiger partial charge < -0.3 is 15.2 Å². The van der Waals surface area contributed by atoms with Gasteiger partial charge in [-0.05, 0) is 40.7 Å². The van der Waals surface area contributed by atoms with Crippen LogP contribution in [0.15, 0.2) is 12.2 Å². The number of aliphatic hydroxyl groups is 1. The van der Waals surface area contributed by atoms with Gasteiger partial charge in [0, 0.05) is 24.1 Å². The molecule has 1 unspecified atom stereocenters. The number of ether oxygens (including phenoxy) is 1. The molecular formula is C13H25NO3. The maximum Gasteiger partial charge on any atom is 0.333 e. The quantitative estimate of drug-likeness (QED) is 0.527. The highest BCUT2D eigenvalue weighted by molar-refractivity contribution is 5.87. The Labute approximate surface area is 104 Å². The third-order valence-corrected chi connectivity index (χ3v) is 2.19. The number of aliphatic hydroxyl groups excluding tert-OH is 1. The molecule has 1 atom stereocenters. The third-order valence-electron chi connectivity index (χ3n) is 2.19. The molecule has 2 N–H and O–H groups in total. The van der Waals surface area contributed by atoms with Gasteiger partial charge in [0.15, 0.2) is 0 Å². The molecule has 0 radical (unpaired) electrons. The van der Waals surface area contributed by atoms with Crippen LogP contribution >= 0.6 is 0 Å². The summed E-state index contributed by atoms with van der Waals surface area (Å²) in [6.07, 6.45) is 0.904. The zero-order chi connectivity index (χ0) is 13.5. The largest absolute Gasteiger partial charge is 0.459 e. The molecule has 0 fully saturated rings. The van der Waals surface area contributed by atoms with Gasteiger partial charge in [0.2, 0.25) is 0 Å². The molecule has 4 heteroatoms. The Bertz CT molecular complexity index is 256. The van der Waals surface area contributed by atoms with Crippen LogP contribution in [0, 0.1) is 0 Å². The zero-order valence-corrected chi connectivity index (χ0v) is 11.4. The van der Waals surface area contributed by atoms with Crippen LogP contribution in [0.25, 0.3) is 0 Å². The van der Waals surface area contributed by atoms with E-state index in [-0.39, 0.29) is 24.2 Å². The molecule has 0 aromatic rings. The molecule has 0 aliphatic rings. The molecule has 0 aromatic carbocycles. The number of rotatable bonds is 7. The summed E-state index contributed by atoms with van der Waals surface area (Å²) in [5.41, 5.74) is 0.430. The van der Waals surface area contributed by atoms with Crippen LogP contribution in [0.1, 0.15) is 40.5 Å². The zero-order valence-electron chi connectivity index (χ0n) is 11.4. The average Bonchev–Trinajstić information content (AvgIpc) is 2.15. The lowest BCUT2D eigenvalue weighted by Crippen LogP contribution is -2.38. The highest BCUT2D eigenvalue weighted by Crippen LogP contribution is 2.08. The summed E-state index contributed by atoms with van der Waals surface area (Å²) < 4.78 is 5.23. The normalized spacial score (nSPS) is 13.2. The van der Waals surface area contributed by atoms with Crippen LogP contribution in [0.4, 0.5) is 0 Å². The molecule has 4 nitrogen and oxygen atoms in total. The van der Waals surface area contributed by atoms with E-state index < -0.39 is 0 Å². The predicted molar refractivity (Wildman–Crippen MR) is 68.8 cm³/mol. The number of carbonyl (C=O) groups is 1. The molecule has 17 heavy (non-hydrogen) atoms. The van der Waals surface area contributed by atoms with Gasteiger partial charge in [0.1, 0.15) is 6.10 Å². The Morgan fingerprint density at radius 3 is 2.41 bits per heavy atom. The second-order valence-corrected chi connectivity index (χ2v) is 5.29. The highest BCUT2D eigenvalue weighted by atomic mass is 16.5. The fourth-order valence-corrected chi connectivity index (χ4v) is 1.27. The molecular weight excluding hydrogens is 218 g/mol. The van der Waals surface area contributed by atoms with Crippen molar-refractivity contribution in [2.45, 2.75) is 52.2 Å².